The molecule has 0 saturated heterocycles. The van der Waals surface area contributed by atoms with Gasteiger partial charge in [0.15, 0.2) is 0 Å². The Labute approximate surface area is 136 Å². The Morgan fingerprint density at radius 1 is 0.900 bits per heavy atom. The van der Waals surface area contributed by atoms with E-state index in [2.05, 4.69) is 40.0 Å². The van der Waals surface area contributed by atoms with Gasteiger partial charge in [0.05, 0.1) is 4.83 Å². The second-order valence-corrected chi connectivity index (χ2v) is 7.69. The van der Waals surface area contributed by atoms with E-state index in [0.29, 0.717) is 4.83 Å². The lowest BCUT2D eigenvalue weighted by molar-refractivity contribution is 0.564. The zero-order chi connectivity index (χ0) is 14.6. The van der Waals surface area contributed by atoms with E-state index >= 15 is 0 Å². The van der Waals surface area contributed by atoms with E-state index in [1.165, 1.54) is 62.8 Å². The van der Waals surface area contributed by atoms with E-state index in [4.69, 9.17) is 0 Å². The Morgan fingerprint density at radius 2 is 1.50 bits per heavy atom. The fourth-order valence-electron chi connectivity index (χ4n) is 2.26. The molecule has 116 valence electrons. The molecule has 0 aliphatic rings. The fraction of sp³-hybridized carbons (Fsp3) is 0.875. The number of unbranched alkanes of at least 4 members (excludes halogenated alkanes) is 8. The van der Waals surface area contributed by atoms with Crippen molar-refractivity contribution in [1.82, 2.24) is 10.2 Å². The minimum Gasteiger partial charge on any atom is -0.144 e. The zero-order valence-electron chi connectivity index (χ0n) is 13.0. The standard InChI is InChI=1S/C16H29BrN2S/c1-3-5-6-7-8-9-10-11-12-13-15-18-19-16(20-15)14(17)4-2/h14H,3-13H2,1-2H3. The molecule has 0 radical (unpaired) electrons. The van der Waals surface area contributed by atoms with Crippen LogP contribution < -0.4 is 0 Å². The third-order valence-corrected chi connectivity index (χ3v) is 6.08. The molecule has 1 unspecified atom stereocenters. The van der Waals surface area contributed by atoms with Crippen LogP contribution in [0.5, 0.6) is 0 Å². The van der Waals surface area contributed by atoms with Crippen LogP contribution in [0.4, 0.5) is 0 Å². The highest BCUT2D eigenvalue weighted by atomic mass is 79.9. The summed E-state index contributed by atoms with van der Waals surface area (Å²) in [5.74, 6) is 0. The predicted octanol–water partition coefficient (Wildman–Crippen LogP) is 6.46. The van der Waals surface area contributed by atoms with Crippen LogP contribution in [0.15, 0.2) is 0 Å². The van der Waals surface area contributed by atoms with E-state index in [9.17, 15) is 0 Å². The summed E-state index contributed by atoms with van der Waals surface area (Å²) in [4.78, 5) is 0.386. The Morgan fingerprint density at radius 3 is 2.10 bits per heavy atom. The van der Waals surface area contributed by atoms with Gasteiger partial charge in [0, 0.05) is 6.42 Å². The molecule has 0 aliphatic heterocycles. The van der Waals surface area contributed by atoms with Crippen LogP contribution in [0.3, 0.4) is 0 Å². The summed E-state index contributed by atoms with van der Waals surface area (Å²) in [6.07, 6.45) is 14.6. The van der Waals surface area contributed by atoms with Gasteiger partial charge in [-0.25, -0.2) is 0 Å². The van der Waals surface area contributed by atoms with Crippen LogP contribution in [0.25, 0.3) is 0 Å². The zero-order valence-corrected chi connectivity index (χ0v) is 15.4. The maximum atomic E-state index is 4.29. The maximum absolute atomic E-state index is 4.29. The Hall–Kier alpha value is 0.0400. The summed E-state index contributed by atoms with van der Waals surface area (Å²) in [5, 5.41) is 10.9. The van der Waals surface area contributed by atoms with Gasteiger partial charge in [-0.05, 0) is 12.8 Å². The average Bonchev–Trinajstić information content (AvgIpc) is 2.93. The molecule has 0 bridgehead atoms. The first kappa shape index (κ1) is 18.1. The van der Waals surface area contributed by atoms with Gasteiger partial charge < -0.3 is 0 Å². The molecule has 0 amide bonds. The fourth-order valence-corrected chi connectivity index (χ4v) is 3.57. The van der Waals surface area contributed by atoms with Crippen molar-refractivity contribution in [2.45, 2.75) is 89.3 Å². The first-order valence-electron chi connectivity index (χ1n) is 8.24. The minimum atomic E-state index is 0.386. The summed E-state index contributed by atoms with van der Waals surface area (Å²) in [7, 11) is 0. The van der Waals surface area contributed by atoms with Crippen molar-refractivity contribution in [3.8, 4) is 0 Å². The first-order chi connectivity index (χ1) is 9.77. The molecule has 1 heterocycles. The normalized spacial score (nSPS) is 12.8. The summed E-state index contributed by atoms with van der Waals surface area (Å²) in [6.45, 7) is 4.44. The third-order valence-electron chi connectivity index (χ3n) is 3.60. The molecule has 1 rings (SSSR count). The van der Waals surface area contributed by atoms with E-state index < -0.39 is 0 Å². The second kappa shape index (κ2) is 11.7. The molecule has 0 saturated carbocycles. The molecule has 4 heteroatoms. The number of hydrogen-bond acceptors (Lipinski definition) is 3. The average molecular weight is 361 g/mol. The first-order valence-corrected chi connectivity index (χ1v) is 9.97. The highest BCUT2D eigenvalue weighted by Gasteiger charge is 2.11. The van der Waals surface area contributed by atoms with Gasteiger partial charge in [-0.15, -0.1) is 21.5 Å². The van der Waals surface area contributed by atoms with Crippen molar-refractivity contribution < 1.29 is 0 Å². The van der Waals surface area contributed by atoms with E-state index in [0.717, 1.165) is 17.8 Å². The molecule has 1 aromatic rings. The maximum Gasteiger partial charge on any atom is 0.131 e. The Bertz CT molecular complexity index is 341. The number of nitrogens with zero attached hydrogens (tertiary/aromatic N) is 2. The summed E-state index contributed by atoms with van der Waals surface area (Å²) < 4.78 is 0. The lowest BCUT2D eigenvalue weighted by Gasteiger charge is -2.01. The Balaban J connectivity index is 2.00. The molecule has 0 aliphatic carbocycles. The van der Waals surface area contributed by atoms with Crippen LogP contribution in [0, 0.1) is 0 Å². The van der Waals surface area contributed by atoms with Crippen molar-refractivity contribution in [3.05, 3.63) is 10.0 Å². The number of halogens is 1. The molecule has 0 spiro atoms. The molecule has 2 nitrogen and oxygen atoms in total. The molecule has 1 aromatic heterocycles. The SMILES string of the molecule is CCCCCCCCCCCc1nnc(C(Br)CC)s1. The number of alkyl halides is 1. The molecular weight excluding hydrogens is 332 g/mol. The van der Waals surface area contributed by atoms with Crippen LogP contribution in [-0.4, -0.2) is 10.2 Å². The molecule has 0 N–H and O–H groups in total. The summed E-state index contributed by atoms with van der Waals surface area (Å²) >= 11 is 5.41. The van der Waals surface area contributed by atoms with Crippen molar-refractivity contribution in [2.24, 2.45) is 0 Å². The van der Waals surface area contributed by atoms with E-state index in [1.807, 2.05) is 0 Å². The summed E-state index contributed by atoms with van der Waals surface area (Å²) in [5.41, 5.74) is 0. The van der Waals surface area contributed by atoms with Crippen molar-refractivity contribution in [2.75, 3.05) is 0 Å². The van der Waals surface area contributed by atoms with E-state index in [-0.39, 0.29) is 0 Å². The largest absolute Gasteiger partial charge is 0.144 e. The summed E-state index contributed by atoms with van der Waals surface area (Å²) in [6, 6.07) is 0. The van der Waals surface area contributed by atoms with Crippen LogP contribution >= 0.6 is 27.3 Å². The van der Waals surface area contributed by atoms with Gasteiger partial charge in [0.2, 0.25) is 0 Å². The molecule has 20 heavy (non-hydrogen) atoms. The van der Waals surface area contributed by atoms with Gasteiger partial charge in [-0.3, -0.25) is 0 Å². The van der Waals surface area contributed by atoms with Gasteiger partial charge in [0.1, 0.15) is 10.0 Å². The third kappa shape index (κ3) is 7.72. The Kier molecular flexibility index (Phi) is 10.6. The highest BCUT2D eigenvalue weighted by molar-refractivity contribution is 9.09. The predicted molar refractivity (Wildman–Crippen MR) is 92.8 cm³/mol. The number of hydrogen-bond donors (Lipinski definition) is 0. The van der Waals surface area contributed by atoms with Crippen LogP contribution in [-0.2, 0) is 6.42 Å². The van der Waals surface area contributed by atoms with Crippen molar-refractivity contribution in [1.29, 1.82) is 0 Å². The van der Waals surface area contributed by atoms with Gasteiger partial charge in [-0.1, -0.05) is 81.1 Å². The topological polar surface area (TPSA) is 25.8 Å². The van der Waals surface area contributed by atoms with Gasteiger partial charge in [-0.2, -0.15) is 0 Å². The monoisotopic (exact) mass is 360 g/mol. The number of aryl methyl sites for hydroxylation is 1. The van der Waals surface area contributed by atoms with Crippen LogP contribution in [0.2, 0.25) is 0 Å². The number of aromatic nitrogens is 2. The smallest absolute Gasteiger partial charge is 0.131 e. The molecule has 0 aromatic carbocycles. The lowest BCUT2D eigenvalue weighted by Crippen LogP contribution is -1.86. The van der Waals surface area contributed by atoms with Crippen molar-refractivity contribution in [3.63, 3.8) is 0 Å². The molecule has 1 atom stereocenters. The van der Waals surface area contributed by atoms with Crippen LogP contribution in [0.1, 0.15) is 92.9 Å². The quantitative estimate of drug-likeness (QED) is 0.315. The highest BCUT2D eigenvalue weighted by Crippen LogP contribution is 2.28. The molecule has 0 fully saturated rings. The second-order valence-electron chi connectivity index (χ2n) is 5.49. The van der Waals surface area contributed by atoms with Gasteiger partial charge in [0.25, 0.3) is 0 Å². The minimum absolute atomic E-state index is 0.386. The number of rotatable bonds is 12. The van der Waals surface area contributed by atoms with Gasteiger partial charge >= 0.3 is 0 Å². The lowest BCUT2D eigenvalue weighted by atomic mass is 10.1. The molecular formula is C16H29BrN2S. The van der Waals surface area contributed by atoms with Crippen molar-refractivity contribution >= 4 is 27.3 Å². The van der Waals surface area contributed by atoms with E-state index in [1.54, 1.807) is 11.3 Å².